The van der Waals surface area contributed by atoms with Crippen molar-refractivity contribution in [3.63, 3.8) is 0 Å². The number of unbranched alkanes of at least 4 members (excludes halogenated alkanes) is 30. The van der Waals surface area contributed by atoms with Crippen LogP contribution in [0, 0.1) is 0 Å². The molecule has 0 rings (SSSR count). The molecule has 7 nitrogen and oxygen atoms in total. The summed E-state index contributed by atoms with van der Waals surface area (Å²) < 4.78 is 41.8. The van der Waals surface area contributed by atoms with Gasteiger partial charge >= 0.3 is 0 Å². The molecule has 0 amide bonds. The van der Waals surface area contributed by atoms with Crippen LogP contribution in [0.15, 0.2) is 24.3 Å². The molecule has 0 aliphatic rings. The zero-order chi connectivity index (χ0) is 45.8. The van der Waals surface area contributed by atoms with Crippen molar-refractivity contribution in [1.82, 2.24) is 0 Å². The van der Waals surface area contributed by atoms with Gasteiger partial charge in [0.05, 0.1) is 0 Å². The molecule has 0 radical (unpaired) electrons. The van der Waals surface area contributed by atoms with E-state index in [1.54, 1.807) is 14.2 Å². The maximum Gasteiger partial charge on any atom is 0.179 e. The summed E-state index contributed by atoms with van der Waals surface area (Å²) in [4.78, 5) is 0. The molecule has 63 heavy (non-hydrogen) atoms. The van der Waals surface area contributed by atoms with Gasteiger partial charge in [0.1, 0.15) is 0 Å². The van der Waals surface area contributed by atoms with E-state index >= 15 is 0 Å². The van der Waals surface area contributed by atoms with Crippen molar-refractivity contribution in [3.8, 4) is 0 Å². The second kappa shape index (κ2) is 53.8. The Balaban J connectivity index is 3.95. The molecule has 0 heterocycles. The molecule has 2 atom stereocenters. The Bertz CT molecular complexity index is 799. The van der Waals surface area contributed by atoms with Crippen LogP contribution in [-0.2, 0) is 33.2 Å². The summed E-state index contributed by atoms with van der Waals surface area (Å²) in [7, 11) is 3.40. The van der Waals surface area contributed by atoms with Crippen molar-refractivity contribution in [2.24, 2.45) is 0 Å². The largest absolute Gasteiger partial charge is 0.353 e. The summed E-state index contributed by atoms with van der Waals surface area (Å²) in [6, 6.07) is 0. The summed E-state index contributed by atoms with van der Waals surface area (Å²) in [5.41, 5.74) is 0. The van der Waals surface area contributed by atoms with E-state index in [0.717, 1.165) is 77.8 Å². The van der Waals surface area contributed by atoms with E-state index in [0.29, 0.717) is 0 Å². The zero-order valence-electron chi connectivity index (χ0n) is 43.2. The lowest BCUT2D eigenvalue weighted by molar-refractivity contribution is -0.188. The Morgan fingerprint density at radius 2 is 0.556 bits per heavy atom. The number of allylic oxidation sites excluding steroid dienone is 2. The van der Waals surface area contributed by atoms with Gasteiger partial charge in [-0.2, -0.15) is 0 Å². The maximum atomic E-state index is 6.15. The predicted molar refractivity (Wildman–Crippen MR) is 270 cm³/mol. The van der Waals surface area contributed by atoms with Crippen molar-refractivity contribution >= 4 is 0 Å². The molecule has 0 saturated carbocycles. The third kappa shape index (κ3) is 47.5. The lowest BCUT2D eigenvalue weighted by Crippen LogP contribution is -2.22. The van der Waals surface area contributed by atoms with Crippen molar-refractivity contribution in [2.75, 3.05) is 40.6 Å². The van der Waals surface area contributed by atoms with Gasteiger partial charge in [-0.15, -0.1) is 0 Å². The van der Waals surface area contributed by atoms with E-state index < -0.39 is 12.6 Å². The Labute approximate surface area is 393 Å². The zero-order valence-corrected chi connectivity index (χ0v) is 43.2. The van der Waals surface area contributed by atoms with Crippen LogP contribution in [0.1, 0.15) is 272 Å². The van der Waals surface area contributed by atoms with Crippen LogP contribution in [0.4, 0.5) is 0 Å². The van der Waals surface area contributed by atoms with Crippen LogP contribution in [0.2, 0.25) is 0 Å². The van der Waals surface area contributed by atoms with Crippen molar-refractivity contribution < 1.29 is 33.2 Å². The number of hydrogen-bond donors (Lipinski definition) is 0. The number of ether oxygens (including phenoxy) is 7. The minimum Gasteiger partial charge on any atom is -0.353 e. The first-order valence-corrected chi connectivity index (χ1v) is 27.7. The average molecular weight is 895 g/mol. The van der Waals surface area contributed by atoms with Gasteiger partial charge in [0.2, 0.25) is 0 Å². The highest BCUT2D eigenvalue weighted by atomic mass is 16.8. The summed E-state index contributed by atoms with van der Waals surface area (Å²) in [6.07, 6.45) is 55.2. The second-order valence-electron chi connectivity index (χ2n) is 18.3. The highest BCUT2D eigenvalue weighted by Gasteiger charge is 2.12. The summed E-state index contributed by atoms with van der Waals surface area (Å²) in [5, 5.41) is 0. The molecule has 0 fully saturated rings. The van der Waals surface area contributed by atoms with Gasteiger partial charge < -0.3 is 33.2 Å². The van der Waals surface area contributed by atoms with Crippen LogP contribution in [0.25, 0.3) is 0 Å². The van der Waals surface area contributed by atoms with Crippen LogP contribution in [-0.4, -0.2) is 65.8 Å². The Kier molecular flexibility index (Phi) is 53.1. The van der Waals surface area contributed by atoms with Gasteiger partial charge in [0.15, 0.2) is 25.2 Å². The Morgan fingerprint density at radius 3 is 0.825 bits per heavy atom. The highest BCUT2D eigenvalue weighted by Crippen LogP contribution is 2.18. The lowest BCUT2D eigenvalue weighted by atomic mass is 10.1. The van der Waals surface area contributed by atoms with Crippen LogP contribution >= 0.6 is 0 Å². The summed E-state index contributed by atoms with van der Waals surface area (Å²) in [6.45, 7) is 12.4. The first kappa shape index (κ1) is 62.2. The Hall–Kier alpha value is -0.800. The molecule has 0 aromatic carbocycles. The highest BCUT2D eigenvalue weighted by molar-refractivity contribution is 4.89. The SMILES string of the molecule is CCCCCCOC(CCCCCCCCCCCC=CC(OC)OC(C=CCCCCCCCCCCCC(OCCCCCC)OCCCCCC)OC)OCCCCCC. The van der Waals surface area contributed by atoms with E-state index in [1.165, 1.54) is 193 Å². The molecule has 0 N–H and O–H groups in total. The molecule has 0 saturated heterocycles. The van der Waals surface area contributed by atoms with E-state index in [4.69, 9.17) is 33.2 Å². The number of hydrogen-bond acceptors (Lipinski definition) is 7. The van der Waals surface area contributed by atoms with Crippen molar-refractivity contribution in [3.05, 3.63) is 24.3 Å². The van der Waals surface area contributed by atoms with E-state index in [1.807, 2.05) is 12.2 Å². The quantitative estimate of drug-likeness (QED) is 0.0342. The third-order valence-corrected chi connectivity index (χ3v) is 12.1. The molecule has 376 valence electrons. The first-order chi connectivity index (χ1) is 31.1. The molecule has 7 heteroatoms. The second-order valence-corrected chi connectivity index (χ2v) is 18.3. The van der Waals surface area contributed by atoms with Crippen LogP contribution < -0.4 is 0 Å². The minimum atomic E-state index is -0.395. The average Bonchev–Trinajstić information content (AvgIpc) is 3.29. The number of rotatable bonds is 54. The molecule has 0 aliphatic carbocycles. The Morgan fingerprint density at radius 1 is 0.302 bits per heavy atom. The van der Waals surface area contributed by atoms with Gasteiger partial charge in [0, 0.05) is 40.6 Å². The lowest BCUT2D eigenvalue weighted by Gasteiger charge is -2.19. The molecule has 0 bridgehead atoms. The van der Waals surface area contributed by atoms with Gasteiger partial charge in [0.25, 0.3) is 0 Å². The molecule has 0 aliphatic heterocycles. The smallest absolute Gasteiger partial charge is 0.179 e. The van der Waals surface area contributed by atoms with Crippen LogP contribution in [0.5, 0.6) is 0 Å². The molecule has 0 spiro atoms. The van der Waals surface area contributed by atoms with Crippen molar-refractivity contribution in [2.45, 2.75) is 297 Å². The molecule has 2 unspecified atom stereocenters. The topological polar surface area (TPSA) is 64.6 Å². The molecular formula is C56H110O7. The predicted octanol–water partition coefficient (Wildman–Crippen LogP) is 17.7. The first-order valence-electron chi connectivity index (χ1n) is 27.7. The summed E-state index contributed by atoms with van der Waals surface area (Å²) in [5.74, 6) is 0. The molecular weight excluding hydrogens is 785 g/mol. The maximum absolute atomic E-state index is 6.15. The number of methoxy groups -OCH3 is 2. The molecule has 0 aromatic rings. The fraction of sp³-hybridized carbons (Fsp3) is 0.929. The van der Waals surface area contributed by atoms with Gasteiger partial charge in [-0.25, -0.2) is 0 Å². The van der Waals surface area contributed by atoms with Gasteiger partial charge in [-0.3, -0.25) is 0 Å². The minimum absolute atomic E-state index is 0.000884. The van der Waals surface area contributed by atoms with Crippen molar-refractivity contribution in [1.29, 1.82) is 0 Å². The van der Waals surface area contributed by atoms with E-state index in [-0.39, 0.29) is 12.6 Å². The fourth-order valence-electron chi connectivity index (χ4n) is 7.93. The molecule has 0 aromatic heterocycles. The normalized spacial score (nSPS) is 13.2. The van der Waals surface area contributed by atoms with Gasteiger partial charge in [-0.05, 0) is 89.2 Å². The standard InChI is InChI=1S/C56H110O7/c1-7-11-15-41-49-59-55(60-50-42-16-12-8-2)47-39-35-31-27-23-19-21-25-29-33-37-45-53(57-5)63-54(58-6)46-38-34-30-26-22-20-24-28-32-36-40-48-56(61-51-43-17-13-9-3)62-52-44-18-14-10-4/h37-38,45-46,53-56H,7-36,39-44,47-52H2,1-6H3. The van der Waals surface area contributed by atoms with Gasteiger partial charge in [-0.1, -0.05) is 207 Å². The fourth-order valence-corrected chi connectivity index (χ4v) is 7.93. The van der Waals surface area contributed by atoms with Crippen LogP contribution in [0.3, 0.4) is 0 Å². The van der Waals surface area contributed by atoms with E-state index in [9.17, 15) is 0 Å². The summed E-state index contributed by atoms with van der Waals surface area (Å²) >= 11 is 0. The monoisotopic (exact) mass is 895 g/mol. The van der Waals surface area contributed by atoms with E-state index in [2.05, 4.69) is 39.8 Å². The third-order valence-electron chi connectivity index (χ3n) is 12.1.